The topological polar surface area (TPSA) is 42.2 Å². The second kappa shape index (κ2) is 3.95. The van der Waals surface area contributed by atoms with Crippen molar-refractivity contribution in [2.24, 2.45) is 0 Å². The van der Waals surface area contributed by atoms with Crippen molar-refractivity contribution >= 4 is 5.97 Å². The lowest BCUT2D eigenvalue weighted by molar-refractivity contribution is -0.137. The zero-order valence-electron chi connectivity index (χ0n) is 7.10. The first-order valence-electron chi connectivity index (χ1n) is 4.04. The van der Waals surface area contributed by atoms with Gasteiger partial charge in [-0.05, 0) is 25.5 Å². The summed E-state index contributed by atoms with van der Waals surface area (Å²) in [6.07, 6.45) is 4.82. The van der Waals surface area contributed by atoms with E-state index in [1.54, 1.807) is 0 Å². The van der Waals surface area contributed by atoms with E-state index in [0.29, 0.717) is 6.42 Å². The molecule has 3 nitrogen and oxygen atoms in total. The summed E-state index contributed by atoms with van der Waals surface area (Å²) in [6.45, 7) is 2.02. The first-order valence-corrected chi connectivity index (χ1v) is 4.04. The van der Waals surface area contributed by atoms with Gasteiger partial charge in [0, 0.05) is 24.9 Å². The molecule has 0 amide bonds. The number of carboxylic acid groups (broad SMARTS) is 1. The molecular weight excluding hydrogens is 154 g/mol. The van der Waals surface area contributed by atoms with Gasteiger partial charge in [-0.2, -0.15) is 0 Å². The monoisotopic (exact) mass is 167 g/mol. The van der Waals surface area contributed by atoms with Crippen molar-refractivity contribution in [3.05, 3.63) is 24.5 Å². The number of nitrogens with zero attached hydrogens (tertiary/aromatic N) is 1. The van der Waals surface area contributed by atoms with Gasteiger partial charge in [0.25, 0.3) is 0 Å². The Balaban J connectivity index is 2.39. The Bertz CT molecular complexity index is 241. The maximum atomic E-state index is 10.3. The van der Waals surface area contributed by atoms with Gasteiger partial charge in [0.1, 0.15) is 0 Å². The molecule has 0 saturated heterocycles. The van der Waals surface area contributed by atoms with E-state index in [2.05, 4.69) is 0 Å². The van der Waals surface area contributed by atoms with Crippen LogP contribution in [0.15, 0.2) is 24.5 Å². The van der Waals surface area contributed by atoms with Crippen LogP contribution in [0.3, 0.4) is 0 Å². The highest BCUT2D eigenvalue weighted by molar-refractivity contribution is 5.66. The quantitative estimate of drug-likeness (QED) is 0.744. The van der Waals surface area contributed by atoms with E-state index in [1.165, 1.54) is 0 Å². The molecular formula is C9H13NO2. The number of aromatic nitrogens is 1. The molecule has 0 unspecified atom stereocenters. The van der Waals surface area contributed by atoms with Crippen molar-refractivity contribution in [3.8, 4) is 0 Å². The molecule has 1 heterocycles. The summed E-state index contributed by atoms with van der Waals surface area (Å²) >= 11 is 0. The summed E-state index contributed by atoms with van der Waals surface area (Å²) in [4.78, 5) is 10.3. The lowest BCUT2D eigenvalue weighted by Crippen LogP contribution is -2.05. The van der Waals surface area contributed by atoms with Crippen LogP contribution in [0.2, 0.25) is 0 Å². The van der Waals surface area contributed by atoms with Crippen molar-refractivity contribution < 1.29 is 9.90 Å². The first-order chi connectivity index (χ1) is 5.70. The zero-order chi connectivity index (χ0) is 8.97. The largest absolute Gasteiger partial charge is 0.481 e. The van der Waals surface area contributed by atoms with E-state index in [4.69, 9.17) is 5.11 Å². The fourth-order valence-electron chi connectivity index (χ4n) is 1.12. The highest BCUT2D eigenvalue weighted by Gasteiger charge is 2.05. The molecule has 1 aromatic rings. The predicted octanol–water partition coefficient (Wildman–Crippen LogP) is 1.91. The highest BCUT2D eigenvalue weighted by atomic mass is 16.4. The highest BCUT2D eigenvalue weighted by Crippen LogP contribution is 2.12. The summed E-state index contributed by atoms with van der Waals surface area (Å²) in [7, 11) is 0. The van der Waals surface area contributed by atoms with Crippen molar-refractivity contribution in [1.29, 1.82) is 0 Å². The minimum atomic E-state index is -0.728. The van der Waals surface area contributed by atoms with E-state index in [-0.39, 0.29) is 12.5 Å². The number of carbonyl (C=O) groups is 1. The Morgan fingerprint density at radius 3 is 2.58 bits per heavy atom. The van der Waals surface area contributed by atoms with Gasteiger partial charge in [-0.1, -0.05) is 0 Å². The molecule has 0 saturated carbocycles. The molecule has 0 aliphatic heterocycles. The zero-order valence-corrected chi connectivity index (χ0v) is 7.10. The third-order valence-electron chi connectivity index (χ3n) is 1.91. The van der Waals surface area contributed by atoms with Gasteiger partial charge >= 0.3 is 5.97 Å². The standard InChI is InChI=1S/C9H13NO2/c1-8(4-5-9(11)12)10-6-2-3-7-10/h2-3,6-8H,4-5H2,1H3,(H,11,12)/t8-/m1/s1. The van der Waals surface area contributed by atoms with Crippen LogP contribution in [0, 0.1) is 0 Å². The second-order valence-corrected chi connectivity index (χ2v) is 2.91. The summed E-state index contributed by atoms with van der Waals surface area (Å²) in [5.41, 5.74) is 0. The maximum Gasteiger partial charge on any atom is 0.303 e. The molecule has 66 valence electrons. The van der Waals surface area contributed by atoms with Gasteiger partial charge in [-0.3, -0.25) is 4.79 Å². The van der Waals surface area contributed by atoms with Crippen LogP contribution < -0.4 is 0 Å². The normalized spacial score (nSPS) is 12.8. The van der Waals surface area contributed by atoms with Crippen LogP contribution in [0.4, 0.5) is 0 Å². The average Bonchev–Trinajstić information content (AvgIpc) is 2.51. The summed E-state index contributed by atoms with van der Waals surface area (Å²) in [6, 6.07) is 4.16. The van der Waals surface area contributed by atoms with Crippen molar-refractivity contribution in [2.75, 3.05) is 0 Å². The molecule has 0 fully saturated rings. The fraction of sp³-hybridized carbons (Fsp3) is 0.444. The Labute approximate surface area is 71.6 Å². The van der Waals surface area contributed by atoms with E-state index in [1.807, 2.05) is 36.0 Å². The number of carboxylic acids is 1. The van der Waals surface area contributed by atoms with E-state index in [0.717, 1.165) is 0 Å². The van der Waals surface area contributed by atoms with E-state index in [9.17, 15) is 4.79 Å². The van der Waals surface area contributed by atoms with Gasteiger partial charge in [-0.15, -0.1) is 0 Å². The second-order valence-electron chi connectivity index (χ2n) is 2.91. The first kappa shape index (κ1) is 8.84. The smallest absolute Gasteiger partial charge is 0.303 e. The molecule has 0 aliphatic rings. The third kappa shape index (κ3) is 2.42. The molecule has 0 bridgehead atoms. The number of aliphatic carboxylic acids is 1. The van der Waals surface area contributed by atoms with Crippen LogP contribution in [0.1, 0.15) is 25.8 Å². The van der Waals surface area contributed by atoms with Gasteiger partial charge in [0.05, 0.1) is 0 Å². The predicted molar refractivity (Wildman–Crippen MR) is 46.0 cm³/mol. The SMILES string of the molecule is C[C@H](CCC(=O)O)n1cccc1. The van der Waals surface area contributed by atoms with E-state index >= 15 is 0 Å². The fourth-order valence-corrected chi connectivity index (χ4v) is 1.12. The molecule has 0 aliphatic carbocycles. The van der Waals surface area contributed by atoms with Crippen LogP contribution in [-0.2, 0) is 4.79 Å². The lowest BCUT2D eigenvalue weighted by Gasteiger charge is -2.11. The maximum absolute atomic E-state index is 10.3. The van der Waals surface area contributed by atoms with Gasteiger partial charge in [-0.25, -0.2) is 0 Å². The molecule has 0 aromatic carbocycles. The molecule has 0 spiro atoms. The molecule has 1 N–H and O–H groups in total. The van der Waals surface area contributed by atoms with Crippen LogP contribution >= 0.6 is 0 Å². The van der Waals surface area contributed by atoms with Gasteiger partial charge in [0.15, 0.2) is 0 Å². The summed E-state index contributed by atoms with van der Waals surface area (Å²) in [5.74, 6) is -0.728. The van der Waals surface area contributed by atoms with Gasteiger partial charge < -0.3 is 9.67 Å². The van der Waals surface area contributed by atoms with Crippen LogP contribution in [-0.4, -0.2) is 15.6 Å². The lowest BCUT2D eigenvalue weighted by atomic mass is 10.2. The Hall–Kier alpha value is -1.25. The number of hydrogen-bond acceptors (Lipinski definition) is 1. The Morgan fingerprint density at radius 1 is 1.50 bits per heavy atom. The minimum absolute atomic E-state index is 0.235. The molecule has 3 heteroatoms. The third-order valence-corrected chi connectivity index (χ3v) is 1.91. The number of rotatable bonds is 4. The van der Waals surface area contributed by atoms with Crippen molar-refractivity contribution in [3.63, 3.8) is 0 Å². The van der Waals surface area contributed by atoms with E-state index < -0.39 is 5.97 Å². The summed E-state index contributed by atoms with van der Waals surface area (Å²) < 4.78 is 2.02. The summed E-state index contributed by atoms with van der Waals surface area (Å²) in [5, 5.41) is 8.45. The molecule has 1 atom stereocenters. The van der Waals surface area contributed by atoms with Crippen molar-refractivity contribution in [2.45, 2.75) is 25.8 Å². The number of hydrogen-bond donors (Lipinski definition) is 1. The van der Waals surface area contributed by atoms with Gasteiger partial charge in [0.2, 0.25) is 0 Å². The Kier molecular flexibility index (Phi) is 2.91. The van der Waals surface area contributed by atoms with Crippen LogP contribution in [0.5, 0.6) is 0 Å². The van der Waals surface area contributed by atoms with Crippen LogP contribution in [0.25, 0.3) is 0 Å². The molecule has 0 radical (unpaired) electrons. The molecule has 1 rings (SSSR count). The molecule has 1 aromatic heterocycles. The average molecular weight is 167 g/mol. The van der Waals surface area contributed by atoms with Crippen molar-refractivity contribution in [1.82, 2.24) is 4.57 Å². The Morgan fingerprint density at radius 2 is 2.08 bits per heavy atom. The molecule has 12 heavy (non-hydrogen) atoms. The minimum Gasteiger partial charge on any atom is -0.481 e.